The van der Waals surface area contributed by atoms with E-state index in [0.717, 1.165) is 0 Å². The van der Waals surface area contributed by atoms with Gasteiger partial charge in [0.05, 0.1) is 0 Å². The van der Waals surface area contributed by atoms with Gasteiger partial charge in [0.15, 0.2) is 0 Å². The fraction of sp³-hybridized carbons (Fsp3) is 0. The average molecular weight is 419 g/mol. The summed E-state index contributed by atoms with van der Waals surface area (Å²) in [5.74, 6) is 0. The first-order valence-corrected chi connectivity index (χ1v) is 2.19. The van der Waals surface area contributed by atoms with E-state index in [2.05, 4.69) is 0 Å². The maximum atomic E-state index is 8.55. The van der Waals surface area contributed by atoms with Gasteiger partial charge >= 0.3 is 81.7 Å². The minimum atomic E-state index is -5.39. The largest absolute Gasteiger partial charge is 3.00 e. The molecule has 0 aromatic rings. The summed E-state index contributed by atoms with van der Waals surface area (Å²) in [6.45, 7) is 0. The van der Waals surface area contributed by atoms with Gasteiger partial charge in [-0.15, -0.1) is 0 Å². The summed E-state index contributed by atoms with van der Waals surface area (Å²) in [4.78, 5) is 25.6. The molecule has 0 aromatic carbocycles. The van der Waals surface area contributed by atoms with E-state index in [1.165, 1.54) is 0 Å². The molecule has 42 valence electrons. The molecule has 2 radical (unpaired) electrons. The molecular formula is ClNd2O4P+2. The molecule has 0 unspecified atom stereocenters. The zero-order valence-electron chi connectivity index (χ0n) is 3.46. The minimum Gasteiger partial charge on any atom is -1.00 e. The van der Waals surface area contributed by atoms with Gasteiger partial charge in [-0.1, -0.05) is 0 Å². The fourth-order valence-electron chi connectivity index (χ4n) is 0. The van der Waals surface area contributed by atoms with Gasteiger partial charge in [-0.2, -0.15) is 7.82 Å². The molecule has 0 heterocycles. The smallest absolute Gasteiger partial charge is 1.00 e. The first-order valence-electron chi connectivity index (χ1n) is 0.730. The number of rotatable bonds is 0. The number of hydrogen-bond acceptors (Lipinski definition) is 4. The van der Waals surface area contributed by atoms with Crippen LogP contribution >= 0.6 is 7.82 Å². The number of hydrogen-bond donors (Lipinski definition) is 0. The second-order valence-electron chi connectivity index (χ2n) is 0.447. The van der Waals surface area contributed by atoms with Gasteiger partial charge in [-0.3, -0.25) is 0 Å². The Morgan fingerprint density at radius 3 is 1.00 bits per heavy atom. The Bertz CT molecular complexity index is 60.2. The molecule has 0 rings (SSSR count). The van der Waals surface area contributed by atoms with Crippen molar-refractivity contribution in [3.05, 3.63) is 0 Å². The second-order valence-corrected chi connectivity index (χ2v) is 1.34. The predicted octanol–water partition coefficient (Wildman–Crippen LogP) is -5.82. The third-order valence-electron chi connectivity index (χ3n) is 0. The summed E-state index contributed by atoms with van der Waals surface area (Å²) in [5.41, 5.74) is 0. The van der Waals surface area contributed by atoms with E-state index in [0.29, 0.717) is 0 Å². The van der Waals surface area contributed by atoms with E-state index in [1.54, 1.807) is 0 Å². The van der Waals surface area contributed by atoms with Crippen LogP contribution in [0, 0.1) is 81.7 Å². The van der Waals surface area contributed by atoms with E-state index < -0.39 is 7.82 Å². The maximum Gasteiger partial charge on any atom is 3.00 e. The molecule has 4 nitrogen and oxygen atoms in total. The van der Waals surface area contributed by atoms with Crippen molar-refractivity contribution in [2.75, 3.05) is 0 Å². The van der Waals surface area contributed by atoms with Gasteiger partial charge in [0.25, 0.3) is 0 Å². The molecule has 0 N–H and O–H groups in total. The summed E-state index contributed by atoms with van der Waals surface area (Å²) in [7, 11) is -5.39. The van der Waals surface area contributed by atoms with Gasteiger partial charge < -0.3 is 31.7 Å². The van der Waals surface area contributed by atoms with Crippen LogP contribution in [0.5, 0.6) is 0 Å². The van der Waals surface area contributed by atoms with Gasteiger partial charge in [-0.25, -0.2) is 0 Å². The molecule has 0 aliphatic rings. The molecule has 0 atom stereocenters. The molecule has 0 saturated heterocycles. The van der Waals surface area contributed by atoms with Crippen LogP contribution in [-0.2, 0) is 4.57 Å². The molecule has 0 aliphatic heterocycles. The van der Waals surface area contributed by atoms with Gasteiger partial charge in [0.1, 0.15) is 0 Å². The van der Waals surface area contributed by atoms with E-state index >= 15 is 0 Å². The van der Waals surface area contributed by atoms with Crippen molar-refractivity contribution in [1.29, 1.82) is 0 Å². The summed E-state index contributed by atoms with van der Waals surface area (Å²) in [6.07, 6.45) is 0. The Balaban J connectivity index is -0.0000000267. The molecule has 0 aliphatic carbocycles. The summed E-state index contributed by atoms with van der Waals surface area (Å²) < 4.78 is 8.55. The maximum absolute atomic E-state index is 8.55. The molecule has 8 heteroatoms. The summed E-state index contributed by atoms with van der Waals surface area (Å²) >= 11 is 0. The molecule has 0 saturated carbocycles. The van der Waals surface area contributed by atoms with Crippen LogP contribution < -0.4 is 27.1 Å². The van der Waals surface area contributed by atoms with Gasteiger partial charge in [0, 0.05) is 0 Å². The van der Waals surface area contributed by atoms with E-state index in [1.807, 2.05) is 0 Å². The first kappa shape index (κ1) is 22.5. The zero-order valence-corrected chi connectivity index (χ0v) is 11.5. The predicted molar refractivity (Wildman–Crippen MR) is 7.61 cm³/mol. The van der Waals surface area contributed by atoms with Crippen LogP contribution in [0.15, 0.2) is 0 Å². The molecular weight excluding hydrogens is 419 g/mol. The standard InChI is InChI=1S/ClH.2Nd.H3O4P/c;;;1-5(2,3)4/h1H;;;(H3,1,2,3,4)/q;2*+3;/p-4. The SMILES string of the molecule is O=P([O-])([O-])[O-].[Cl-].[Nd+3].[Nd+3]. The van der Waals surface area contributed by atoms with Crippen molar-refractivity contribution in [1.82, 2.24) is 0 Å². The van der Waals surface area contributed by atoms with Crippen molar-refractivity contribution >= 4 is 7.82 Å². The van der Waals surface area contributed by atoms with Crippen LogP contribution in [0.1, 0.15) is 0 Å². The van der Waals surface area contributed by atoms with Crippen molar-refractivity contribution in [3.63, 3.8) is 0 Å². The van der Waals surface area contributed by atoms with Crippen LogP contribution in [0.2, 0.25) is 0 Å². The Hall–Kier alpha value is 3.10. The van der Waals surface area contributed by atoms with Crippen molar-refractivity contribution in [2.45, 2.75) is 0 Å². The number of halogens is 1. The third-order valence-corrected chi connectivity index (χ3v) is 0. The molecule has 8 heavy (non-hydrogen) atoms. The van der Waals surface area contributed by atoms with Crippen LogP contribution in [0.3, 0.4) is 0 Å². The van der Waals surface area contributed by atoms with Crippen LogP contribution in [0.25, 0.3) is 0 Å². The van der Waals surface area contributed by atoms with Crippen molar-refractivity contribution in [2.24, 2.45) is 0 Å². The third kappa shape index (κ3) is 62.1. The fourth-order valence-corrected chi connectivity index (χ4v) is 0. The summed E-state index contributed by atoms with van der Waals surface area (Å²) in [5, 5.41) is 0. The first-order chi connectivity index (χ1) is 2.00. The van der Waals surface area contributed by atoms with Crippen LogP contribution in [-0.4, -0.2) is 0 Å². The minimum absolute atomic E-state index is 0. The quantitative estimate of drug-likeness (QED) is 0.367. The monoisotopic (exact) mass is 414 g/mol. The Morgan fingerprint density at radius 2 is 1.00 bits per heavy atom. The van der Waals surface area contributed by atoms with Crippen molar-refractivity contribution < 1.29 is 113 Å². The average Bonchev–Trinajstić information content (AvgIpc) is 0.722. The molecule has 0 fully saturated rings. The normalized spacial score (nSPS) is 7.38. The number of phosphoric acid groups is 1. The Kier molecular flexibility index (Phi) is 28.4. The second kappa shape index (κ2) is 10.1. The van der Waals surface area contributed by atoms with E-state index in [9.17, 15) is 0 Å². The van der Waals surface area contributed by atoms with Crippen molar-refractivity contribution in [3.8, 4) is 0 Å². The molecule has 0 bridgehead atoms. The topological polar surface area (TPSA) is 86.2 Å². The van der Waals surface area contributed by atoms with Gasteiger partial charge in [0.2, 0.25) is 0 Å². The summed E-state index contributed by atoms with van der Waals surface area (Å²) in [6, 6.07) is 0. The van der Waals surface area contributed by atoms with E-state index in [4.69, 9.17) is 19.2 Å². The molecule has 0 spiro atoms. The van der Waals surface area contributed by atoms with Gasteiger partial charge in [-0.05, 0) is 0 Å². The molecule has 0 amide bonds. The molecule has 0 aromatic heterocycles. The Morgan fingerprint density at radius 1 is 1.00 bits per heavy atom. The van der Waals surface area contributed by atoms with E-state index in [-0.39, 0.29) is 94.1 Å². The Labute approximate surface area is 119 Å². The zero-order chi connectivity index (χ0) is 4.50. The van der Waals surface area contributed by atoms with Crippen LogP contribution in [0.4, 0.5) is 0 Å².